The normalized spacial score (nSPS) is 22.3. The zero-order chi connectivity index (χ0) is 15.5. The highest BCUT2D eigenvalue weighted by atomic mass is 127. The maximum atomic E-state index is 9.56. The summed E-state index contributed by atoms with van der Waals surface area (Å²) in [5.41, 5.74) is 0. The van der Waals surface area contributed by atoms with Crippen molar-refractivity contribution in [2.45, 2.75) is 64.5 Å². The molecule has 0 radical (unpaired) electrons. The van der Waals surface area contributed by atoms with Crippen molar-refractivity contribution >= 4 is 29.9 Å². The van der Waals surface area contributed by atoms with Crippen molar-refractivity contribution < 1.29 is 5.11 Å². The van der Waals surface area contributed by atoms with Gasteiger partial charge in [-0.3, -0.25) is 4.99 Å². The van der Waals surface area contributed by atoms with E-state index in [1.54, 1.807) is 0 Å². The van der Waals surface area contributed by atoms with Crippen LogP contribution in [0.15, 0.2) is 4.99 Å². The predicted octanol–water partition coefficient (Wildman–Crippen LogP) is 2.19. The standard InChI is InChI=1S/C16H34N4O.HI/c1-4-6-12-20(3)13-11-18-16(17-5-2)19-14-7-9-15(21)10-8-14;/h14-15,21H,4-13H2,1-3H3,(H2,17,18,19);1H. The molecule has 132 valence electrons. The van der Waals surface area contributed by atoms with Crippen LogP contribution in [0.1, 0.15) is 52.4 Å². The van der Waals surface area contributed by atoms with Gasteiger partial charge in [0.2, 0.25) is 0 Å². The maximum Gasteiger partial charge on any atom is 0.191 e. The van der Waals surface area contributed by atoms with Crippen LogP contribution >= 0.6 is 24.0 Å². The lowest BCUT2D eigenvalue weighted by atomic mass is 9.93. The minimum Gasteiger partial charge on any atom is -0.393 e. The first kappa shape index (κ1) is 21.9. The molecule has 1 fully saturated rings. The first-order valence-electron chi connectivity index (χ1n) is 8.57. The molecule has 0 unspecified atom stereocenters. The van der Waals surface area contributed by atoms with Gasteiger partial charge in [0, 0.05) is 19.1 Å². The molecule has 6 heteroatoms. The summed E-state index contributed by atoms with van der Waals surface area (Å²) in [5.74, 6) is 0.919. The van der Waals surface area contributed by atoms with Crippen LogP contribution in [-0.2, 0) is 0 Å². The van der Waals surface area contributed by atoms with Crippen LogP contribution in [-0.4, -0.2) is 61.3 Å². The van der Waals surface area contributed by atoms with Gasteiger partial charge in [0.05, 0.1) is 12.6 Å². The molecule has 1 saturated carbocycles. The van der Waals surface area contributed by atoms with E-state index in [2.05, 4.69) is 41.4 Å². The van der Waals surface area contributed by atoms with Gasteiger partial charge in [0.15, 0.2) is 5.96 Å². The molecule has 0 aliphatic heterocycles. The summed E-state index contributed by atoms with van der Waals surface area (Å²) in [6.45, 7) is 8.17. The fourth-order valence-electron chi connectivity index (χ4n) is 2.61. The Morgan fingerprint density at radius 1 is 1.18 bits per heavy atom. The fourth-order valence-corrected chi connectivity index (χ4v) is 2.61. The third-order valence-corrected chi connectivity index (χ3v) is 4.03. The predicted molar refractivity (Wildman–Crippen MR) is 105 cm³/mol. The average Bonchev–Trinajstić information content (AvgIpc) is 2.47. The molecular weight excluding hydrogens is 391 g/mol. The van der Waals surface area contributed by atoms with Crippen LogP contribution in [0.25, 0.3) is 0 Å². The lowest BCUT2D eigenvalue weighted by molar-refractivity contribution is 0.120. The van der Waals surface area contributed by atoms with Crippen LogP contribution in [0.4, 0.5) is 0 Å². The highest BCUT2D eigenvalue weighted by Gasteiger charge is 2.19. The molecule has 1 aliphatic rings. The number of aliphatic imine (C=N–C) groups is 1. The monoisotopic (exact) mass is 426 g/mol. The van der Waals surface area contributed by atoms with Crippen molar-refractivity contribution in [1.82, 2.24) is 15.5 Å². The molecule has 3 N–H and O–H groups in total. The lowest BCUT2D eigenvalue weighted by Gasteiger charge is -2.27. The van der Waals surface area contributed by atoms with E-state index in [4.69, 9.17) is 0 Å². The number of halogens is 1. The number of rotatable bonds is 8. The van der Waals surface area contributed by atoms with E-state index < -0.39 is 0 Å². The van der Waals surface area contributed by atoms with Crippen molar-refractivity contribution in [3.8, 4) is 0 Å². The fraction of sp³-hybridized carbons (Fsp3) is 0.938. The Bertz CT molecular complexity index is 294. The summed E-state index contributed by atoms with van der Waals surface area (Å²) in [5, 5.41) is 16.4. The number of guanidine groups is 1. The summed E-state index contributed by atoms with van der Waals surface area (Å²) in [4.78, 5) is 7.01. The number of hydrogen-bond acceptors (Lipinski definition) is 3. The SMILES string of the molecule is CCCCN(C)CCN=C(NCC)NC1CCC(O)CC1.I. The number of nitrogens with one attached hydrogen (secondary N) is 2. The smallest absolute Gasteiger partial charge is 0.191 e. The first-order chi connectivity index (χ1) is 10.2. The van der Waals surface area contributed by atoms with Crippen molar-refractivity contribution in [1.29, 1.82) is 0 Å². The summed E-state index contributed by atoms with van der Waals surface area (Å²) in [6.07, 6.45) is 6.25. The maximum absolute atomic E-state index is 9.56. The highest BCUT2D eigenvalue weighted by molar-refractivity contribution is 14.0. The van der Waals surface area contributed by atoms with E-state index in [0.717, 1.165) is 57.8 Å². The molecule has 0 bridgehead atoms. The van der Waals surface area contributed by atoms with Crippen molar-refractivity contribution in [2.75, 3.05) is 33.2 Å². The Morgan fingerprint density at radius 2 is 1.86 bits per heavy atom. The number of likely N-dealkylation sites (N-methyl/N-ethyl adjacent to an activating group) is 1. The van der Waals surface area contributed by atoms with Gasteiger partial charge in [-0.05, 0) is 52.6 Å². The minimum absolute atomic E-state index is 0. The van der Waals surface area contributed by atoms with Gasteiger partial charge >= 0.3 is 0 Å². The van der Waals surface area contributed by atoms with Crippen LogP contribution in [0.5, 0.6) is 0 Å². The molecule has 0 saturated heterocycles. The second-order valence-electron chi connectivity index (χ2n) is 6.07. The molecule has 0 amide bonds. The molecule has 1 rings (SSSR count). The van der Waals surface area contributed by atoms with Gasteiger partial charge in [-0.2, -0.15) is 0 Å². The number of aliphatic hydroxyl groups is 1. The Kier molecular flexibility index (Phi) is 13.3. The summed E-state index contributed by atoms with van der Waals surface area (Å²) in [6, 6.07) is 0.448. The quantitative estimate of drug-likeness (QED) is 0.317. The minimum atomic E-state index is -0.102. The van der Waals surface area contributed by atoms with Crippen LogP contribution in [0.3, 0.4) is 0 Å². The summed E-state index contributed by atoms with van der Waals surface area (Å²) in [7, 11) is 2.16. The zero-order valence-corrected chi connectivity index (χ0v) is 16.8. The average molecular weight is 426 g/mol. The Hall–Kier alpha value is -0.0800. The number of unbranched alkanes of at least 4 members (excludes halogenated alkanes) is 1. The molecule has 0 aromatic carbocycles. The molecule has 22 heavy (non-hydrogen) atoms. The van der Waals surface area contributed by atoms with Gasteiger partial charge in [0.25, 0.3) is 0 Å². The molecule has 5 nitrogen and oxygen atoms in total. The van der Waals surface area contributed by atoms with Crippen molar-refractivity contribution in [3.05, 3.63) is 0 Å². The van der Waals surface area contributed by atoms with E-state index >= 15 is 0 Å². The van der Waals surface area contributed by atoms with Gasteiger partial charge < -0.3 is 20.6 Å². The Labute approximate surface area is 153 Å². The third kappa shape index (κ3) is 9.84. The molecule has 0 heterocycles. The van der Waals surface area contributed by atoms with E-state index in [1.165, 1.54) is 12.8 Å². The number of hydrogen-bond donors (Lipinski definition) is 3. The van der Waals surface area contributed by atoms with Gasteiger partial charge in [-0.15, -0.1) is 24.0 Å². The van der Waals surface area contributed by atoms with Gasteiger partial charge in [0.1, 0.15) is 0 Å². The van der Waals surface area contributed by atoms with E-state index in [1.807, 2.05) is 0 Å². The van der Waals surface area contributed by atoms with Crippen molar-refractivity contribution in [3.63, 3.8) is 0 Å². The Morgan fingerprint density at radius 3 is 2.45 bits per heavy atom. The first-order valence-corrected chi connectivity index (χ1v) is 8.57. The topological polar surface area (TPSA) is 59.9 Å². The lowest BCUT2D eigenvalue weighted by Crippen LogP contribution is -2.45. The zero-order valence-electron chi connectivity index (χ0n) is 14.5. The van der Waals surface area contributed by atoms with E-state index in [9.17, 15) is 5.11 Å². The summed E-state index contributed by atoms with van der Waals surface area (Å²) < 4.78 is 0. The van der Waals surface area contributed by atoms with E-state index in [-0.39, 0.29) is 30.1 Å². The molecule has 0 spiro atoms. The number of aliphatic hydroxyl groups excluding tert-OH is 1. The van der Waals surface area contributed by atoms with Gasteiger partial charge in [-0.25, -0.2) is 0 Å². The highest BCUT2D eigenvalue weighted by Crippen LogP contribution is 2.18. The van der Waals surface area contributed by atoms with Gasteiger partial charge in [-0.1, -0.05) is 13.3 Å². The van der Waals surface area contributed by atoms with Crippen molar-refractivity contribution in [2.24, 2.45) is 4.99 Å². The Balaban J connectivity index is 0.00000441. The second kappa shape index (κ2) is 13.4. The van der Waals surface area contributed by atoms with Crippen LogP contribution in [0.2, 0.25) is 0 Å². The van der Waals surface area contributed by atoms with E-state index in [0.29, 0.717) is 6.04 Å². The van der Waals surface area contributed by atoms with Crippen LogP contribution < -0.4 is 10.6 Å². The van der Waals surface area contributed by atoms with Crippen LogP contribution in [0, 0.1) is 0 Å². The second-order valence-corrected chi connectivity index (χ2v) is 6.07. The third-order valence-electron chi connectivity index (χ3n) is 4.03. The molecule has 0 aromatic rings. The number of nitrogens with zero attached hydrogens (tertiary/aromatic N) is 2. The molecule has 0 aromatic heterocycles. The molecular formula is C16H35IN4O. The largest absolute Gasteiger partial charge is 0.393 e. The molecule has 1 aliphatic carbocycles. The molecule has 0 atom stereocenters. The summed E-state index contributed by atoms with van der Waals surface area (Å²) >= 11 is 0.